The van der Waals surface area contributed by atoms with Gasteiger partial charge in [-0.05, 0) is 31.4 Å². The number of carbonyl (C=O) groups is 1. The van der Waals surface area contributed by atoms with Crippen molar-refractivity contribution in [3.05, 3.63) is 51.3 Å². The largest absolute Gasteiger partial charge is 0.383 e. The number of aryl methyl sites for hydroxylation is 1. The zero-order valence-electron chi connectivity index (χ0n) is 15.4. The maximum absolute atomic E-state index is 12.7. The molecule has 0 fully saturated rings. The molecule has 1 atom stereocenters. The van der Waals surface area contributed by atoms with E-state index in [1.54, 1.807) is 25.4 Å². The van der Waals surface area contributed by atoms with E-state index in [-0.39, 0.29) is 23.2 Å². The molecule has 1 heterocycles. The van der Waals surface area contributed by atoms with Crippen LogP contribution >= 0.6 is 0 Å². The Hall–Kier alpha value is -2.94. The second-order valence-electron chi connectivity index (χ2n) is 6.50. The molecule has 27 heavy (non-hydrogen) atoms. The van der Waals surface area contributed by atoms with Gasteiger partial charge in [-0.15, -0.1) is 0 Å². The molecule has 1 amide bonds. The number of aromatic nitrogens is 2. The van der Waals surface area contributed by atoms with Gasteiger partial charge in [0.05, 0.1) is 23.8 Å². The number of nitrogens with one attached hydrogen (secondary N) is 2. The number of benzene rings is 1. The molecule has 0 radical (unpaired) electrons. The number of fused-ring (bicyclic) bond motifs is 1. The summed E-state index contributed by atoms with van der Waals surface area (Å²) in [4.78, 5) is 23.6. The predicted molar refractivity (Wildman–Crippen MR) is 99.8 cm³/mol. The minimum absolute atomic E-state index is 0.131. The third-order valence-corrected chi connectivity index (χ3v) is 4.76. The summed E-state index contributed by atoms with van der Waals surface area (Å²) in [6.07, 6.45) is 4.50. The summed E-state index contributed by atoms with van der Waals surface area (Å²) in [5.74, 6) is -0.330. The second kappa shape index (κ2) is 8.17. The van der Waals surface area contributed by atoms with E-state index >= 15 is 0 Å². The molecule has 0 aliphatic heterocycles. The summed E-state index contributed by atoms with van der Waals surface area (Å²) in [5, 5.41) is 21.6. The van der Waals surface area contributed by atoms with Crippen molar-refractivity contribution in [2.45, 2.75) is 25.3 Å². The van der Waals surface area contributed by atoms with Gasteiger partial charge >= 0.3 is 0 Å². The van der Waals surface area contributed by atoms with E-state index in [1.165, 1.54) is 6.07 Å². The van der Waals surface area contributed by atoms with Crippen LogP contribution in [0.1, 0.15) is 40.5 Å². The Morgan fingerprint density at radius 1 is 1.48 bits per heavy atom. The number of hydrogen-bond donors (Lipinski definition) is 2. The highest BCUT2D eigenvalue weighted by atomic mass is 16.6. The van der Waals surface area contributed by atoms with E-state index in [4.69, 9.17) is 4.74 Å². The van der Waals surface area contributed by atoms with Gasteiger partial charge in [0.15, 0.2) is 0 Å². The number of ether oxygens (including phenoxy) is 1. The topological polar surface area (TPSA) is 111 Å². The summed E-state index contributed by atoms with van der Waals surface area (Å²) in [7, 11) is 3.45. The molecule has 1 aliphatic carbocycles. The van der Waals surface area contributed by atoms with Crippen molar-refractivity contribution >= 4 is 17.3 Å². The van der Waals surface area contributed by atoms with Crippen LogP contribution < -0.4 is 10.6 Å². The van der Waals surface area contributed by atoms with Gasteiger partial charge in [0.25, 0.3) is 11.6 Å². The van der Waals surface area contributed by atoms with E-state index < -0.39 is 4.92 Å². The molecule has 3 rings (SSSR count). The van der Waals surface area contributed by atoms with Crippen molar-refractivity contribution < 1.29 is 14.5 Å². The fourth-order valence-electron chi connectivity index (χ4n) is 3.36. The smallest absolute Gasteiger partial charge is 0.293 e. The van der Waals surface area contributed by atoms with Crippen molar-refractivity contribution in [2.24, 2.45) is 7.05 Å². The number of rotatable bonds is 7. The van der Waals surface area contributed by atoms with Crippen LogP contribution in [0, 0.1) is 10.1 Å². The number of nitro groups is 1. The van der Waals surface area contributed by atoms with Gasteiger partial charge in [-0.25, -0.2) is 0 Å². The Morgan fingerprint density at radius 3 is 3.04 bits per heavy atom. The van der Waals surface area contributed by atoms with Crippen LogP contribution in [0.25, 0.3) is 0 Å². The minimum atomic E-state index is -0.494. The van der Waals surface area contributed by atoms with Gasteiger partial charge in [-0.1, -0.05) is 0 Å². The number of anilines is 1. The Kier molecular flexibility index (Phi) is 5.70. The maximum Gasteiger partial charge on any atom is 0.293 e. The van der Waals surface area contributed by atoms with Crippen molar-refractivity contribution in [1.82, 2.24) is 15.1 Å². The third kappa shape index (κ3) is 4.08. The molecule has 0 unspecified atom stereocenters. The molecule has 0 bridgehead atoms. The molecule has 1 aromatic heterocycles. The van der Waals surface area contributed by atoms with Gasteiger partial charge in [-0.2, -0.15) is 5.10 Å². The first-order valence-corrected chi connectivity index (χ1v) is 8.84. The second-order valence-corrected chi connectivity index (χ2v) is 6.50. The highest BCUT2D eigenvalue weighted by molar-refractivity contribution is 5.96. The fourth-order valence-corrected chi connectivity index (χ4v) is 3.36. The molecule has 144 valence electrons. The summed E-state index contributed by atoms with van der Waals surface area (Å²) >= 11 is 0. The summed E-state index contributed by atoms with van der Waals surface area (Å²) in [6.45, 7) is 0.864. The lowest BCUT2D eigenvalue weighted by Gasteiger charge is -2.23. The number of amides is 1. The number of nitro benzene ring substituents is 1. The average molecular weight is 373 g/mol. The van der Waals surface area contributed by atoms with Crippen molar-refractivity contribution in [3.8, 4) is 0 Å². The lowest BCUT2D eigenvalue weighted by molar-refractivity contribution is -0.384. The summed E-state index contributed by atoms with van der Waals surface area (Å²) < 4.78 is 6.77. The maximum atomic E-state index is 12.7. The zero-order chi connectivity index (χ0) is 19.4. The Balaban J connectivity index is 1.77. The molecular formula is C18H23N5O4. The van der Waals surface area contributed by atoms with Gasteiger partial charge in [-0.3, -0.25) is 19.6 Å². The molecule has 0 spiro atoms. The first kappa shape index (κ1) is 18.8. The van der Waals surface area contributed by atoms with Crippen molar-refractivity contribution in [2.75, 3.05) is 25.6 Å². The van der Waals surface area contributed by atoms with Crippen LogP contribution in [0.15, 0.2) is 24.4 Å². The van der Waals surface area contributed by atoms with E-state index in [9.17, 15) is 14.9 Å². The van der Waals surface area contributed by atoms with Gasteiger partial charge in [0, 0.05) is 43.6 Å². The molecule has 2 N–H and O–H groups in total. The van der Waals surface area contributed by atoms with E-state index in [0.29, 0.717) is 18.8 Å². The molecule has 2 aromatic rings. The van der Waals surface area contributed by atoms with Crippen LogP contribution in [-0.4, -0.2) is 40.9 Å². The molecule has 9 heteroatoms. The number of methoxy groups -OCH3 is 1. The quantitative estimate of drug-likeness (QED) is 0.437. The van der Waals surface area contributed by atoms with Crippen LogP contribution in [0.3, 0.4) is 0 Å². The molecule has 0 saturated heterocycles. The van der Waals surface area contributed by atoms with Crippen molar-refractivity contribution in [3.63, 3.8) is 0 Å². The number of carbonyl (C=O) groups excluding carboxylic acids is 1. The van der Waals surface area contributed by atoms with E-state index in [1.807, 2.05) is 11.7 Å². The fraction of sp³-hybridized carbons (Fsp3) is 0.444. The lowest BCUT2D eigenvalue weighted by Crippen LogP contribution is -2.31. The first-order valence-electron chi connectivity index (χ1n) is 8.84. The van der Waals surface area contributed by atoms with Gasteiger partial charge < -0.3 is 15.4 Å². The summed E-state index contributed by atoms with van der Waals surface area (Å²) in [6, 6.07) is 4.31. The van der Waals surface area contributed by atoms with Crippen LogP contribution in [0.5, 0.6) is 0 Å². The molecule has 1 aromatic carbocycles. The zero-order valence-corrected chi connectivity index (χ0v) is 15.4. The minimum Gasteiger partial charge on any atom is -0.383 e. The highest BCUT2D eigenvalue weighted by Crippen LogP contribution is 2.30. The third-order valence-electron chi connectivity index (χ3n) is 4.76. The normalized spacial score (nSPS) is 15.9. The molecular weight excluding hydrogens is 350 g/mol. The summed E-state index contributed by atoms with van der Waals surface area (Å²) in [5.41, 5.74) is 2.62. The SMILES string of the molecule is COCCNc1ccc(C(=O)N[C@H]2CCCc3c2cnn3C)cc1[N+](=O)[O-]. The molecule has 0 saturated carbocycles. The van der Waals surface area contributed by atoms with Crippen LogP contribution in [-0.2, 0) is 18.2 Å². The molecule has 1 aliphatic rings. The van der Waals surface area contributed by atoms with Crippen LogP contribution in [0.4, 0.5) is 11.4 Å². The standard InChI is InChI=1S/C18H23N5O4/c1-22-16-5-3-4-14(13(16)11-20-22)21-18(24)12-6-7-15(19-8-9-27-2)17(10-12)23(25)26/h6-7,10-11,14,19H,3-5,8-9H2,1-2H3,(H,21,24)/t14-/m0/s1. The van der Waals surface area contributed by atoms with Gasteiger partial charge in [0.1, 0.15) is 5.69 Å². The highest BCUT2D eigenvalue weighted by Gasteiger charge is 2.26. The number of nitrogens with zero attached hydrogens (tertiary/aromatic N) is 3. The Bertz CT molecular complexity index is 848. The Morgan fingerprint density at radius 2 is 2.30 bits per heavy atom. The molecule has 9 nitrogen and oxygen atoms in total. The Labute approximate surface area is 156 Å². The van der Waals surface area contributed by atoms with Crippen LogP contribution in [0.2, 0.25) is 0 Å². The predicted octanol–water partition coefficient (Wildman–Crippen LogP) is 2.19. The van der Waals surface area contributed by atoms with E-state index in [0.717, 1.165) is 30.5 Å². The van der Waals surface area contributed by atoms with E-state index in [2.05, 4.69) is 15.7 Å². The number of hydrogen-bond acceptors (Lipinski definition) is 6. The lowest BCUT2D eigenvalue weighted by atomic mass is 9.92. The first-order chi connectivity index (χ1) is 13.0. The average Bonchev–Trinajstić information content (AvgIpc) is 3.04. The monoisotopic (exact) mass is 373 g/mol. The van der Waals surface area contributed by atoms with Crippen molar-refractivity contribution in [1.29, 1.82) is 0 Å². The van der Waals surface area contributed by atoms with Gasteiger partial charge in [0.2, 0.25) is 0 Å².